The molecule has 0 heterocycles. The summed E-state index contributed by atoms with van der Waals surface area (Å²) >= 11 is 0. The Hall–Kier alpha value is -1.97. The highest BCUT2D eigenvalue weighted by atomic mass is 16.5. The van der Waals surface area contributed by atoms with Gasteiger partial charge in [-0.3, -0.25) is 4.79 Å². The van der Waals surface area contributed by atoms with Crippen molar-refractivity contribution >= 4 is 5.78 Å². The average molecular weight is 264 g/mol. The van der Waals surface area contributed by atoms with Gasteiger partial charge in [-0.1, -0.05) is 19.1 Å². The number of hydrogen-bond acceptors (Lipinski definition) is 4. The predicted molar refractivity (Wildman–Crippen MR) is 74.5 cm³/mol. The maximum Gasteiger partial charge on any atom is 0.203 e. The molecule has 0 saturated carbocycles. The fourth-order valence-corrected chi connectivity index (χ4v) is 1.70. The van der Waals surface area contributed by atoms with E-state index in [9.17, 15) is 4.79 Å². The summed E-state index contributed by atoms with van der Waals surface area (Å²) in [5.74, 6) is 1.43. The second-order valence-electron chi connectivity index (χ2n) is 4.12. The molecule has 0 N–H and O–H groups in total. The number of carbonyl (C=O) groups excluding carboxylic acids is 1. The van der Waals surface area contributed by atoms with Gasteiger partial charge in [0.1, 0.15) is 0 Å². The summed E-state index contributed by atoms with van der Waals surface area (Å²) < 4.78 is 15.7. The van der Waals surface area contributed by atoms with Crippen LogP contribution in [0, 0.1) is 0 Å². The van der Waals surface area contributed by atoms with Crippen molar-refractivity contribution in [3.05, 3.63) is 29.8 Å². The minimum Gasteiger partial charge on any atom is -0.493 e. The van der Waals surface area contributed by atoms with E-state index in [0.29, 0.717) is 29.2 Å². The molecule has 1 aromatic carbocycles. The van der Waals surface area contributed by atoms with E-state index in [1.165, 1.54) is 21.3 Å². The van der Waals surface area contributed by atoms with Crippen LogP contribution in [-0.2, 0) is 0 Å². The number of rotatable bonds is 7. The van der Waals surface area contributed by atoms with Gasteiger partial charge in [-0.15, -0.1) is 0 Å². The van der Waals surface area contributed by atoms with E-state index in [4.69, 9.17) is 14.2 Å². The molecule has 0 bridgehead atoms. The van der Waals surface area contributed by atoms with E-state index >= 15 is 0 Å². The van der Waals surface area contributed by atoms with Crippen molar-refractivity contribution in [1.29, 1.82) is 0 Å². The molecule has 0 spiro atoms. The SMILES string of the molecule is C=C(CC)CC(=O)c1cc(OC)c(OC)c(OC)c1. The van der Waals surface area contributed by atoms with Crippen molar-refractivity contribution in [1.82, 2.24) is 0 Å². The molecule has 0 amide bonds. The van der Waals surface area contributed by atoms with Crippen LogP contribution in [0.1, 0.15) is 30.1 Å². The molecule has 19 heavy (non-hydrogen) atoms. The monoisotopic (exact) mass is 264 g/mol. The third-order valence-electron chi connectivity index (χ3n) is 2.90. The van der Waals surface area contributed by atoms with Gasteiger partial charge in [0.15, 0.2) is 17.3 Å². The Labute approximate surface area is 114 Å². The highest BCUT2D eigenvalue weighted by Gasteiger charge is 2.17. The molecule has 0 fully saturated rings. The summed E-state index contributed by atoms with van der Waals surface area (Å²) in [5.41, 5.74) is 1.43. The lowest BCUT2D eigenvalue weighted by atomic mass is 10.0. The minimum absolute atomic E-state index is 0.00824. The van der Waals surface area contributed by atoms with Crippen LogP contribution >= 0.6 is 0 Å². The summed E-state index contributed by atoms with van der Waals surface area (Å²) in [5, 5.41) is 0. The van der Waals surface area contributed by atoms with Crippen LogP contribution in [0.4, 0.5) is 0 Å². The van der Waals surface area contributed by atoms with Gasteiger partial charge in [0.05, 0.1) is 21.3 Å². The van der Waals surface area contributed by atoms with Crippen molar-refractivity contribution in [3.8, 4) is 17.2 Å². The van der Waals surface area contributed by atoms with Gasteiger partial charge in [0.25, 0.3) is 0 Å². The lowest BCUT2D eigenvalue weighted by molar-refractivity contribution is 0.0991. The second kappa shape index (κ2) is 6.83. The van der Waals surface area contributed by atoms with Crippen molar-refractivity contribution < 1.29 is 19.0 Å². The molecule has 0 aliphatic carbocycles. The number of carbonyl (C=O) groups is 1. The van der Waals surface area contributed by atoms with Gasteiger partial charge in [0, 0.05) is 12.0 Å². The summed E-state index contributed by atoms with van der Waals surface area (Å²) in [6.07, 6.45) is 1.12. The van der Waals surface area contributed by atoms with Gasteiger partial charge in [-0.2, -0.15) is 0 Å². The fraction of sp³-hybridized carbons (Fsp3) is 0.400. The molecule has 0 unspecified atom stereocenters. The number of methoxy groups -OCH3 is 3. The minimum atomic E-state index is -0.00824. The summed E-state index contributed by atoms with van der Waals surface area (Å²) in [6.45, 7) is 5.83. The zero-order valence-electron chi connectivity index (χ0n) is 11.9. The van der Waals surface area contributed by atoms with E-state index in [-0.39, 0.29) is 5.78 Å². The third-order valence-corrected chi connectivity index (χ3v) is 2.90. The highest BCUT2D eigenvalue weighted by Crippen LogP contribution is 2.38. The first-order chi connectivity index (χ1) is 9.07. The maximum atomic E-state index is 12.1. The Balaban J connectivity index is 3.15. The number of allylic oxidation sites excluding steroid dienone is 1. The van der Waals surface area contributed by atoms with Gasteiger partial charge >= 0.3 is 0 Å². The van der Waals surface area contributed by atoms with E-state index in [1.54, 1.807) is 12.1 Å². The summed E-state index contributed by atoms with van der Waals surface area (Å²) in [4.78, 5) is 12.1. The lowest BCUT2D eigenvalue weighted by Crippen LogP contribution is -2.03. The first-order valence-electron chi connectivity index (χ1n) is 6.07. The largest absolute Gasteiger partial charge is 0.493 e. The van der Waals surface area contributed by atoms with Crippen LogP contribution in [0.5, 0.6) is 17.2 Å². The van der Waals surface area contributed by atoms with Crippen LogP contribution in [-0.4, -0.2) is 27.1 Å². The van der Waals surface area contributed by atoms with Gasteiger partial charge in [0.2, 0.25) is 5.75 Å². The van der Waals surface area contributed by atoms with Crippen LogP contribution in [0.15, 0.2) is 24.3 Å². The Morgan fingerprint density at radius 3 is 2.00 bits per heavy atom. The number of hydrogen-bond donors (Lipinski definition) is 0. The number of ketones is 1. The number of Topliss-reactive ketones (excluding diaryl/α,β-unsaturated/α-hetero) is 1. The predicted octanol–water partition coefficient (Wildman–Crippen LogP) is 3.25. The topological polar surface area (TPSA) is 44.8 Å². The van der Waals surface area contributed by atoms with Crippen molar-refractivity contribution in [2.24, 2.45) is 0 Å². The molecular formula is C15H20O4. The smallest absolute Gasteiger partial charge is 0.203 e. The van der Waals surface area contributed by atoms with Gasteiger partial charge in [-0.05, 0) is 18.6 Å². The van der Waals surface area contributed by atoms with Gasteiger partial charge < -0.3 is 14.2 Å². The molecule has 0 aromatic heterocycles. The fourth-order valence-electron chi connectivity index (χ4n) is 1.70. The molecule has 0 atom stereocenters. The Bertz CT molecular complexity index is 452. The molecule has 4 nitrogen and oxygen atoms in total. The van der Waals surface area contributed by atoms with E-state index in [0.717, 1.165) is 12.0 Å². The molecule has 104 valence electrons. The van der Waals surface area contributed by atoms with Crippen LogP contribution in [0.2, 0.25) is 0 Å². The lowest BCUT2D eigenvalue weighted by Gasteiger charge is -2.13. The van der Waals surface area contributed by atoms with Crippen molar-refractivity contribution in [2.45, 2.75) is 19.8 Å². The first-order valence-corrected chi connectivity index (χ1v) is 6.07. The molecule has 1 rings (SSSR count). The van der Waals surface area contributed by atoms with Gasteiger partial charge in [-0.25, -0.2) is 0 Å². The maximum absolute atomic E-state index is 12.1. The summed E-state index contributed by atoms with van der Waals surface area (Å²) in [7, 11) is 4.58. The Kier molecular flexibility index (Phi) is 5.42. The third kappa shape index (κ3) is 3.50. The molecule has 0 aliphatic rings. The normalized spacial score (nSPS) is 9.89. The highest BCUT2D eigenvalue weighted by molar-refractivity contribution is 5.98. The summed E-state index contributed by atoms with van der Waals surface area (Å²) in [6, 6.07) is 3.32. The molecule has 0 saturated heterocycles. The zero-order chi connectivity index (χ0) is 14.4. The van der Waals surface area contributed by atoms with Crippen molar-refractivity contribution in [3.63, 3.8) is 0 Å². The first kappa shape index (κ1) is 15.1. The van der Waals surface area contributed by atoms with Crippen molar-refractivity contribution in [2.75, 3.05) is 21.3 Å². The Morgan fingerprint density at radius 2 is 1.63 bits per heavy atom. The quantitative estimate of drug-likeness (QED) is 0.560. The standard InChI is InChI=1S/C15H20O4/c1-6-10(2)7-12(16)11-8-13(17-3)15(19-5)14(9-11)18-4/h8-9H,2,6-7H2,1,3-5H3. The van der Waals surface area contributed by atoms with E-state index in [1.807, 2.05) is 6.92 Å². The molecule has 0 aliphatic heterocycles. The van der Waals surface area contributed by atoms with Crippen LogP contribution < -0.4 is 14.2 Å². The van der Waals surface area contributed by atoms with E-state index < -0.39 is 0 Å². The average Bonchev–Trinajstić information content (AvgIpc) is 2.44. The molecule has 4 heteroatoms. The molecule has 1 aromatic rings. The van der Waals surface area contributed by atoms with Crippen LogP contribution in [0.25, 0.3) is 0 Å². The van der Waals surface area contributed by atoms with Crippen LogP contribution in [0.3, 0.4) is 0 Å². The number of benzene rings is 1. The second-order valence-corrected chi connectivity index (χ2v) is 4.12. The number of ether oxygens (including phenoxy) is 3. The Morgan fingerprint density at radius 1 is 1.11 bits per heavy atom. The zero-order valence-corrected chi connectivity index (χ0v) is 11.9. The van der Waals surface area contributed by atoms with E-state index in [2.05, 4.69) is 6.58 Å². The molecule has 0 radical (unpaired) electrons. The molecular weight excluding hydrogens is 244 g/mol.